The second-order valence-corrected chi connectivity index (χ2v) is 14.3. The molecule has 1 saturated carbocycles. The van der Waals surface area contributed by atoms with E-state index in [1.807, 2.05) is 17.9 Å². The summed E-state index contributed by atoms with van der Waals surface area (Å²) in [6, 6.07) is 11.2. The first-order valence-corrected chi connectivity index (χ1v) is 17.7. The molecular formula is C37H53N7O2. The predicted octanol–water partition coefficient (Wildman–Crippen LogP) is 6.47. The first-order chi connectivity index (χ1) is 22.3. The summed E-state index contributed by atoms with van der Waals surface area (Å²) in [5.41, 5.74) is 4.97. The van der Waals surface area contributed by atoms with E-state index in [9.17, 15) is 9.90 Å². The standard InChI is InChI=1S/C37H53N7O2/c1-5-34(27-13-15-28(16-14-27)36(45)46)43(4)37-40-32-18-17-29(26-11-7-6-8-12-26)20-31(32)35(41-37)39-33(30-21-38-42(3)23-30)24-44-19-9-10-25(2)22-44/h6-8,11-12,21,23,25,27-29,33-34H,5,9-10,13-20,22,24H2,1-4H3,(H,45,46)(H,39,40,41)/t25-,27?,28?,29-,33-,34+/m0/s1. The molecule has 0 bridgehead atoms. The van der Waals surface area contributed by atoms with E-state index in [4.69, 9.17) is 9.97 Å². The van der Waals surface area contributed by atoms with Crippen molar-refractivity contribution in [2.24, 2.45) is 24.8 Å². The Labute approximate surface area is 274 Å². The highest BCUT2D eigenvalue weighted by atomic mass is 16.4. The fourth-order valence-electron chi connectivity index (χ4n) is 8.44. The van der Waals surface area contributed by atoms with E-state index < -0.39 is 5.97 Å². The van der Waals surface area contributed by atoms with Crippen LogP contribution in [0.1, 0.15) is 99.6 Å². The average Bonchev–Trinajstić information content (AvgIpc) is 3.51. The van der Waals surface area contributed by atoms with Crippen LogP contribution in [0.5, 0.6) is 0 Å². The lowest BCUT2D eigenvalue weighted by molar-refractivity contribution is -0.143. The highest BCUT2D eigenvalue weighted by molar-refractivity contribution is 5.70. The van der Waals surface area contributed by atoms with Crippen LogP contribution < -0.4 is 10.2 Å². The highest BCUT2D eigenvalue weighted by Gasteiger charge is 2.34. The van der Waals surface area contributed by atoms with Crippen LogP contribution in [0.2, 0.25) is 0 Å². The Kier molecular flexibility index (Phi) is 10.3. The van der Waals surface area contributed by atoms with E-state index >= 15 is 0 Å². The number of carboxylic acid groups (broad SMARTS) is 1. The van der Waals surface area contributed by atoms with Crippen molar-refractivity contribution in [1.29, 1.82) is 0 Å². The second-order valence-electron chi connectivity index (χ2n) is 14.3. The van der Waals surface area contributed by atoms with E-state index in [0.29, 0.717) is 17.8 Å². The number of piperidine rings is 1. The molecule has 2 aliphatic carbocycles. The molecule has 3 aromatic rings. The summed E-state index contributed by atoms with van der Waals surface area (Å²) in [6.45, 7) is 7.75. The number of nitrogens with zero attached hydrogens (tertiary/aromatic N) is 6. The zero-order valence-corrected chi connectivity index (χ0v) is 28.2. The van der Waals surface area contributed by atoms with Crippen LogP contribution in [-0.4, -0.2) is 68.4 Å². The Bertz CT molecular complexity index is 1450. The maximum atomic E-state index is 11.6. The minimum absolute atomic E-state index is 0.0570. The molecule has 3 aliphatic rings. The number of carbonyl (C=O) groups is 1. The van der Waals surface area contributed by atoms with Crippen molar-refractivity contribution in [1.82, 2.24) is 24.6 Å². The number of aromatic nitrogens is 4. The van der Waals surface area contributed by atoms with Crippen LogP contribution in [-0.2, 0) is 24.7 Å². The molecule has 4 atom stereocenters. The van der Waals surface area contributed by atoms with E-state index in [1.54, 1.807) is 0 Å². The quantitative estimate of drug-likeness (QED) is 0.250. The van der Waals surface area contributed by atoms with Crippen LogP contribution in [0.4, 0.5) is 11.8 Å². The minimum atomic E-state index is -0.649. The number of aryl methyl sites for hydroxylation is 2. The van der Waals surface area contributed by atoms with E-state index in [0.717, 1.165) is 88.5 Å². The van der Waals surface area contributed by atoms with Crippen molar-refractivity contribution in [3.63, 3.8) is 0 Å². The van der Waals surface area contributed by atoms with Gasteiger partial charge in [0.05, 0.1) is 23.9 Å². The van der Waals surface area contributed by atoms with Crippen molar-refractivity contribution in [3.8, 4) is 0 Å². The normalized spacial score (nSPS) is 25.0. The minimum Gasteiger partial charge on any atom is -0.481 e. The van der Waals surface area contributed by atoms with Crippen molar-refractivity contribution < 1.29 is 9.90 Å². The van der Waals surface area contributed by atoms with Gasteiger partial charge in [-0.3, -0.25) is 9.48 Å². The largest absolute Gasteiger partial charge is 0.481 e. The number of hydrogen-bond donors (Lipinski definition) is 2. The van der Waals surface area contributed by atoms with Crippen molar-refractivity contribution in [2.45, 2.75) is 96.1 Å². The summed E-state index contributed by atoms with van der Waals surface area (Å²) in [4.78, 5) is 27.2. The molecule has 248 valence electrons. The Hall–Kier alpha value is -3.46. The number of aliphatic carboxylic acids is 1. The third kappa shape index (κ3) is 7.40. The van der Waals surface area contributed by atoms with Gasteiger partial charge >= 0.3 is 5.97 Å². The number of rotatable bonds is 11. The molecule has 2 fully saturated rings. The van der Waals surface area contributed by atoms with Gasteiger partial charge in [0.1, 0.15) is 5.82 Å². The number of benzene rings is 1. The van der Waals surface area contributed by atoms with Gasteiger partial charge in [0.2, 0.25) is 5.95 Å². The first-order valence-electron chi connectivity index (χ1n) is 17.7. The molecule has 1 aliphatic heterocycles. The molecule has 0 unspecified atom stereocenters. The van der Waals surface area contributed by atoms with Crippen LogP contribution in [0.3, 0.4) is 0 Å². The summed E-state index contributed by atoms with van der Waals surface area (Å²) < 4.78 is 1.90. The van der Waals surface area contributed by atoms with Crippen LogP contribution in [0, 0.1) is 17.8 Å². The van der Waals surface area contributed by atoms with Crippen molar-refractivity contribution >= 4 is 17.7 Å². The maximum Gasteiger partial charge on any atom is 0.306 e. The molecule has 0 spiro atoms. The highest BCUT2D eigenvalue weighted by Crippen LogP contribution is 2.39. The third-order valence-electron chi connectivity index (χ3n) is 11.0. The molecule has 2 aromatic heterocycles. The van der Waals surface area contributed by atoms with E-state index in [-0.39, 0.29) is 18.0 Å². The lowest BCUT2D eigenvalue weighted by Crippen LogP contribution is -2.41. The summed E-state index contributed by atoms with van der Waals surface area (Å²) in [6.07, 6.45) is 14.0. The summed E-state index contributed by atoms with van der Waals surface area (Å²) in [5.74, 6) is 2.46. The number of hydrogen-bond acceptors (Lipinski definition) is 7. The molecule has 9 nitrogen and oxygen atoms in total. The molecule has 1 aromatic carbocycles. The van der Waals surface area contributed by atoms with Crippen molar-refractivity contribution in [2.75, 3.05) is 36.9 Å². The fraction of sp³-hybridized carbons (Fsp3) is 0.622. The van der Waals surface area contributed by atoms with E-state index in [1.165, 1.54) is 29.5 Å². The molecule has 3 heterocycles. The Morgan fingerprint density at radius 3 is 2.57 bits per heavy atom. The smallest absolute Gasteiger partial charge is 0.306 e. The zero-order chi connectivity index (χ0) is 32.2. The van der Waals surface area contributed by atoms with E-state index in [2.05, 4.69) is 77.6 Å². The topological polar surface area (TPSA) is 99.4 Å². The number of carboxylic acids is 1. The SMILES string of the molecule is CC[C@H](C1CCC(C(=O)O)CC1)N(C)c1nc2c(c(N[C@@H](CN3CCC[C@H](C)C3)c3cnn(C)c3)n1)C[C@@H](c1ccccc1)CC2. The van der Waals surface area contributed by atoms with Crippen LogP contribution >= 0.6 is 0 Å². The summed E-state index contributed by atoms with van der Waals surface area (Å²) in [5, 5.41) is 18.1. The molecule has 2 N–H and O–H groups in total. The number of fused-ring (bicyclic) bond motifs is 1. The zero-order valence-electron chi connectivity index (χ0n) is 28.2. The lowest BCUT2D eigenvalue weighted by Gasteiger charge is -2.38. The van der Waals surface area contributed by atoms with Crippen molar-refractivity contribution in [3.05, 3.63) is 65.1 Å². The Balaban J connectivity index is 1.33. The van der Waals surface area contributed by atoms with Crippen LogP contribution in [0.15, 0.2) is 42.7 Å². The van der Waals surface area contributed by atoms with Gasteiger partial charge in [0, 0.05) is 50.6 Å². The lowest BCUT2D eigenvalue weighted by atomic mass is 9.77. The Morgan fingerprint density at radius 1 is 1.11 bits per heavy atom. The third-order valence-corrected chi connectivity index (χ3v) is 11.0. The molecular weight excluding hydrogens is 574 g/mol. The van der Waals surface area contributed by atoms with Gasteiger partial charge < -0.3 is 20.2 Å². The van der Waals surface area contributed by atoms with Gasteiger partial charge in [-0.1, -0.05) is 44.2 Å². The van der Waals surface area contributed by atoms with Gasteiger partial charge in [-0.25, -0.2) is 4.98 Å². The number of anilines is 2. The monoisotopic (exact) mass is 627 g/mol. The maximum absolute atomic E-state index is 11.6. The van der Waals surface area contributed by atoms with Gasteiger partial charge in [0.25, 0.3) is 0 Å². The fourth-order valence-corrected chi connectivity index (χ4v) is 8.44. The predicted molar refractivity (Wildman–Crippen MR) is 183 cm³/mol. The molecule has 0 amide bonds. The van der Waals surface area contributed by atoms with Gasteiger partial charge in [-0.15, -0.1) is 0 Å². The molecule has 9 heteroatoms. The molecule has 46 heavy (non-hydrogen) atoms. The number of nitrogens with one attached hydrogen (secondary N) is 1. The molecule has 1 saturated heterocycles. The average molecular weight is 628 g/mol. The first kappa shape index (κ1) is 32.5. The van der Waals surface area contributed by atoms with Gasteiger partial charge in [-0.05, 0) is 94.1 Å². The van der Waals surface area contributed by atoms with Gasteiger partial charge in [-0.2, -0.15) is 10.1 Å². The van der Waals surface area contributed by atoms with Crippen LogP contribution in [0.25, 0.3) is 0 Å². The second kappa shape index (κ2) is 14.5. The molecule has 6 rings (SSSR count). The summed E-state index contributed by atoms with van der Waals surface area (Å²) in [7, 11) is 4.13. The summed E-state index contributed by atoms with van der Waals surface area (Å²) >= 11 is 0. The molecule has 0 radical (unpaired) electrons. The van der Waals surface area contributed by atoms with Gasteiger partial charge in [0.15, 0.2) is 0 Å². The Morgan fingerprint density at radius 2 is 1.89 bits per heavy atom. The number of likely N-dealkylation sites (tertiary alicyclic amines) is 1.